The minimum absolute atomic E-state index is 0.00746. The Morgan fingerprint density at radius 2 is 2.00 bits per heavy atom. The summed E-state index contributed by atoms with van der Waals surface area (Å²) in [6.07, 6.45) is 2.87. The Hall–Kier alpha value is -0.850. The lowest BCUT2D eigenvalue weighted by Gasteiger charge is -2.37. The normalized spacial score (nSPS) is 20.6. The Morgan fingerprint density at radius 1 is 1.37 bits per heavy atom. The van der Waals surface area contributed by atoms with Crippen LogP contribution in [0, 0.1) is 5.41 Å². The van der Waals surface area contributed by atoms with Crippen LogP contribution in [0.4, 0.5) is 0 Å². The van der Waals surface area contributed by atoms with Gasteiger partial charge in [-0.25, -0.2) is 8.42 Å². The monoisotopic (exact) mass is 286 g/mol. The lowest BCUT2D eigenvalue weighted by molar-refractivity contribution is 0.167. The van der Waals surface area contributed by atoms with E-state index in [2.05, 4.69) is 13.8 Å². The Morgan fingerprint density at radius 3 is 2.47 bits per heavy atom. The largest absolute Gasteiger partial charge is 0.447 e. The molecular formula is C13H22N2O3S. The second kappa shape index (κ2) is 5.26. The Bertz CT molecular complexity index is 528. The summed E-state index contributed by atoms with van der Waals surface area (Å²) >= 11 is 0. The smallest absolute Gasteiger partial charge is 0.276 e. The molecule has 1 fully saturated rings. The van der Waals surface area contributed by atoms with Gasteiger partial charge in [0.25, 0.3) is 10.0 Å². The van der Waals surface area contributed by atoms with Crippen LogP contribution in [-0.4, -0.2) is 25.8 Å². The first-order chi connectivity index (χ1) is 8.91. The van der Waals surface area contributed by atoms with Crippen LogP contribution in [0.2, 0.25) is 0 Å². The quantitative estimate of drug-likeness (QED) is 0.917. The van der Waals surface area contributed by atoms with E-state index in [1.165, 1.54) is 10.4 Å². The van der Waals surface area contributed by atoms with E-state index in [1.54, 1.807) is 6.07 Å². The van der Waals surface area contributed by atoms with E-state index < -0.39 is 10.0 Å². The molecule has 0 aliphatic carbocycles. The zero-order valence-corrected chi connectivity index (χ0v) is 12.4. The fourth-order valence-electron chi connectivity index (χ4n) is 2.35. The average molecular weight is 286 g/mol. The van der Waals surface area contributed by atoms with Crippen LogP contribution < -0.4 is 5.73 Å². The lowest BCUT2D eigenvalue weighted by Crippen LogP contribution is -2.41. The van der Waals surface area contributed by atoms with Crippen molar-refractivity contribution >= 4 is 10.0 Å². The molecule has 0 spiro atoms. The van der Waals surface area contributed by atoms with Crippen molar-refractivity contribution in [3.8, 4) is 0 Å². The molecule has 0 unspecified atom stereocenters. The van der Waals surface area contributed by atoms with E-state index in [4.69, 9.17) is 10.2 Å². The number of rotatable bonds is 4. The third kappa shape index (κ3) is 2.85. The molecule has 1 aromatic heterocycles. The predicted molar refractivity (Wildman–Crippen MR) is 73.0 cm³/mol. The van der Waals surface area contributed by atoms with Crippen LogP contribution in [0.5, 0.6) is 0 Å². The Kier molecular flexibility index (Phi) is 4.03. The maximum absolute atomic E-state index is 12.4. The Labute approximate surface area is 114 Å². The van der Waals surface area contributed by atoms with E-state index in [0.717, 1.165) is 19.3 Å². The molecule has 2 N–H and O–H groups in total. The summed E-state index contributed by atoms with van der Waals surface area (Å²) in [6.45, 7) is 5.71. The first-order valence-corrected chi connectivity index (χ1v) is 8.14. The van der Waals surface area contributed by atoms with Crippen molar-refractivity contribution in [1.29, 1.82) is 0 Å². The highest BCUT2D eigenvalue weighted by molar-refractivity contribution is 7.89. The molecule has 0 atom stereocenters. The summed E-state index contributed by atoms with van der Waals surface area (Å²) < 4.78 is 31.6. The van der Waals surface area contributed by atoms with Gasteiger partial charge in [0, 0.05) is 13.1 Å². The summed E-state index contributed by atoms with van der Waals surface area (Å²) in [6, 6.07) is 3.11. The van der Waals surface area contributed by atoms with Gasteiger partial charge in [0.1, 0.15) is 5.76 Å². The van der Waals surface area contributed by atoms with Gasteiger partial charge in [-0.1, -0.05) is 20.3 Å². The van der Waals surface area contributed by atoms with Crippen LogP contribution in [0.25, 0.3) is 0 Å². The van der Waals surface area contributed by atoms with Crippen LogP contribution in [0.3, 0.4) is 0 Å². The Balaban J connectivity index is 2.14. The van der Waals surface area contributed by atoms with E-state index in [1.807, 2.05) is 0 Å². The average Bonchev–Trinajstić information content (AvgIpc) is 2.89. The van der Waals surface area contributed by atoms with Crippen molar-refractivity contribution in [3.05, 3.63) is 17.9 Å². The molecule has 1 saturated heterocycles. The molecule has 2 heterocycles. The topological polar surface area (TPSA) is 76.5 Å². The molecule has 6 heteroatoms. The molecule has 0 radical (unpaired) electrons. The maximum Gasteiger partial charge on any atom is 0.276 e. The number of nitrogens with two attached hydrogens (primary N) is 1. The summed E-state index contributed by atoms with van der Waals surface area (Å²) in [5.74, 6) is 0.494. The van der Waals surface area contributed by atoms with E-state index in [0.29, 0.717) is 18.8 Å². The molecule has 0 amide bonds. The molecule has 1 aliphatic heterocycles. The first kappa shape index (κ1) is 14.6. The van der Waals surface area contributed by atoms with Crippen LogP contribution in [0.1, 0.15) is 38.9 Å². The van der Waals surface area contributed by atoms with Gasteiger partial charge >= 0.3 is 0 Å². The zero-order valence-electron chi connectivity index (χ0n) is 11.6. The lowest BCUT2D eigenvalue weighted by atomic mass is 9.79. The molecule has 108 valence electrons. The fourth-order valence-corrected chi connectivity index (χ4v) is 3.72. The van der Waals surface area contributed by atoms with Crippen molar-refractivity contribution in [2.24, 2.45) is 11.1 Å². The summed E-state index contributed by atoms with van der Waals surface area (Å²) in [5, 5.41) is 0.00746. The molecule has 1 aliphatic rings. The number of sulfonamides is 1. The van der Waals surface area contributed by atoms with Crippen molar-refractivity contribution in [1.82, 2.24) is 4.31 Å². The van der Waals surface area contributed by atoms with E-state index in [-0.39, 0.29) is 17.1 Å². The van der Waals surface area contributed by atoms with E-state index in [9.17, 15) is 8.42 Å². The zero-order chi connectivity index (χ0) is 14.1. The van der Waals surface area contributed by atoms with Gasteiger partial charge in [-0.05, 0) is 30.4 Å². The van der Waals surface area contributed by atoms with Gasteiger partial charge in [-0.3, -0.25) is 0 Å². The number of hydrogen-bond acceptors (Lipinski definition) is 4. The molecule has 0 saturated carbocycles. The minimum Gasteiger partial charge on any atom is -0.447 e. The number of nitrogens with zero attached hydrogens (tertiary/aromatic N) is 1. The van der Waals surface area contributed by atoms with Crippen molar-refractivity contribution in [2.75, 3.05) is 13.1 Å². The molecular weight excluding hydrogens is 264 g/mol. The van der Waals surface area contributed by atoms with Crippen molar-refractivity contribution in [3.63, 3.8) is 0 Å². The van der Waals surface area contributed by atoms with Crippen molar-refractivity contribution < 1.29 is 12.8 Å². The molecule has 19 heavy (non-hydrogen) atoms. The molecule has 5 nitrogen and oxygen atoms in total. The van der Waals surface area contributed by atoms with Crippen LogP contribution in [-0.2, 0) is 16.6 Å². The second-order valence-electron chi connectivity index (χ2n) is 5.49. The number of hydrogen-bond donors (Lipinski definition) is 1. The van der Waals surface area contributed by atoms with Gasteiger partial charge in [0.2, 0.25) is 5.09 Å². The standard InChI is InChI=1S/C13H22N2O3S/c1-3-13(2)6-8-15(9-7-13)19(16,17)12-5-4-11(10-14)18-12/h4-5H,3,6-10,14H2,1-2H3. The second-order valence-corrected chi connectivity index (χ2v) is 7.36. The van der Waals surface area contributed by atoms with Crippen LogP contribution >= 0.6 is 0 Å². The number of piperidine rings is 1. The van der Waals surface area contributed by atoms with Gasteiger partial charge in [0.15, 0.2) is 0 Å². The van der Waals surface area contributed by atoms with Crippen molar-refractivity contribution in [2.45, 2.75) is 44.7 Å². The molecule has 1 aromatic rings. The third-order valence-electron chi connectivity index (χ3n) is 4.22. The maximum atomic E-state index is 12.4. The highest BCUT2D eigenvalue weighted by atomic mass is 32.2. The van der Waals surface area contributed by atoms with E-state index >= 15 is 0 Å². The van der Waals surface area contributed by atoms with Gasteiger partial charge < -0.3 is 10.2 Å². The first-order valence-electron chi connectivity index (χ1n) is 6.70. The highest BCUT2D eigenvalue weighted by Gasteiger charge is 2.35. The molecule has 0 bridgehead atoms. The van der Waals surface area contributed by atoms with Gasteiger partial charge in [-0.15, -0.1) is 0 Å². The predicted octanol–water partition coefficient (Wildman–Crippen LogP) is 1.94. The van der Waals surface area contributed by atoms with Crippen LogP contribution in [0.15, 0.2) is 21.6 Å². The summed E-state index contributed by atoms with van der Waals surface area (Å²) in [7, 11) is -3.50. The van der Waals surface area contributed by atoms with Gasteiger partial charge in [-0.2, -0.15) is 4.31 Å². The number of furan rings is 1. The summed E-state index contributed by atoms with van der Waals surface area (Å²) in [4.78, 5) is 0. The SMILES string of the molecule is CCC1(C)CCN(S(=O)(=O)c2ccc(CN)o2)CC1. The van der Waals surface area contributed by atoms with Gasteiger partial charge in [0.05, 0.1) is 6.54 Å². The fraction of sp³-hybridized carbons (Fsp3) is 0.692. The molecule has 2 rings (SSSR count). The third-order valence-corrected chi connectivity index (χ3v) is 5.99. The summed E-state index contributed by atoms with van der Waals surface area (Å²) in [5.41, 5.74) is 5.70. The minimum atomic E-state index is -3.50. The highest BCUT2D eigenvalue weighted by Crippen LogP contribution is 2.35. The molecule has 0 aromatic carbocycles.